The summed E-state index contributed by atoms with van der Waals surface area (Å²) in [6, 6.07) is 70.8. The summed E-state index contributed by atoms with van der Waals surface area (Å²) in [6.45, 7) is 4.73. The lowest BCUT2D eigenvalue weighted by atomic mass is 9.55. The van der Waals surface area contributed by atoms with Gasteiger partial charge in [-0.1, -0.05) is 190 Å². The number of rotatable bonds is 5. The van der Waals surface area contributed by atoms with Crippen LogP contribution in [0.3, 0.4) is 0 Å². The van der Waals surface area contributed by atoms with Crippen molar-refractivity contribution in [3.8, 4) is 73.6 Å². The van der Waals surface area contributed by atoms with Crippen LogP contribution in [0.4, 0.5) is 0 Å². The zero-order valence-corrected chi connectivity index (χ0v) is 33.3. The van der Waals surface area contributed by atoms with Crippen molar-refractivity contribution in [3.63, 3.8) is 0 Å². The normalized spacial score (nSPS) is 13.8. The van der Waals surface area contributed by atoms with Crippen molar-refractivity contribution in [2.24, 2.45) is 0 Å². The van der Waals surface area contributed by atoms with Gasteiger partial charge < -0.3 is 0 Å². The minimum absolute atomic E-state index is 0.147. The van der Waals surface area contributed by atoms with Crippen LogP contribution in [0.25, 0.3) is 67.5 Å². The molecule has 8 aromatic carbocycles. The molecule has 0 fully saturated rings. The molecular formula is C56H38N4. The van der Waals surface area contributed by atoms with E-state index in [4.69, 9.17) is 15.0 Å². The second-order valence-electron chi connectivity index (χ2n) is 16.3. The third-order valence-electron chi connectivity index (χ3n) is 12.6. The molecule has 0 saturated heterocycles. The Morgan fingerprint density at radius 2 is 0.817 bits per heavy atom. The second kappa shape index (κ2) is 13.7. The monoisotopic (exact) mass is 766 g/mol. The minimum atomic E-state index is -0.449. The number of hydrogen-bond donors (Lipinski definition) is 0. The number of aromatic nitrogens is 3. The van der Waals surface area contributed by atoms with Crippen LogP contribution in [0.5, 0.6) is 0 Å². The van der Waals surface area contributed by atoms with Crippen LogP contribution in [-0.4, -0.2) is 15.0 Å². The van der Waals surface area contributed by atoms with Gasteiger partial charge in [-0.05, 0) is 85.0 Å². The summed E-state index contributed by atoms with van der Waals surface area (Å²) in [7, 11) is 0. The Morgan fingerprint density at radius 1 is 0.367 bits per heavy atom. The largest absolute Gasteiger partial charge is 0.208 e. The predicted molar refractivity (Wildman–Crippen MR) is 241 cm³/mol. The summed E-state index contributed by atoms with van der Waals surface area (Å²) in [6.07, 6.45) is 0. The topological polar surface area (TPSA) is 62.5 Å². The summed E-state index contributed by atoms with van der Waals surface area (Å²) in [5.41, 5.74) is 17.6. The lowest BCUT2D eigenvalue weighted by Crippen LogP contribution is -2.40. The maximum Gasteiger partial charge on any atom is 0.164 e. The number of benzene rings is 8. The standard InChI is InChI=1S/C56H38N4/c1-55(2)46-24-8-10-26-48(46)56(49-27-11-9-25-47(49)55)45-23-7-6-21-44(45)51-43(22-14-28-50(51)56)37-29-31-39(32-30-37)53-58-52(38-16-4-3-5-17-38)59-54(60-53)42-20-13-19-41(34-42)40-18-12-15-36(33-40)35-57/h3-34H,1-2H3. The van der Waals surface area contributed by atoms with Crippen molar-refractivity contribution >= 4 is 0 Å². The van der Waals surface area contributed by atoms with Gasteiger partial charge in [0.1, 0.15) is 0 Å². The molecule has 60 heavy (non-hydrogen) atoms. The molecule has 0 radical (unpaired) electrons. The Kier molecular flexibility index (Phi) is 8.08. The van der Waals surface area contributed by atoms with Crippen LogP contribution in [0.15, 0.2) is 194 Å². The molecule has 2 aliphatic rings. The van der Waals surface area contributed by atoms with E-state index in [0.29, 0.717) is 23.0 Å². The third kappa shape index (κ3) is 5.33. The Balaban J connectivity index is 1.05. The molecule has 9 aromatic rings. The molecule has 0 saturated carbocycles. The summed E-state index contributed by atoms with van der Waals surface area (Å²) in [5, 5.41) is 9.54. The molecule has 2 aliphatic carbocycles. The van der Waals surface area contributed by atoms with Gasteiger partial charge in [0.2, 0.25) is 0 Å². The van der Waals surface area contributed by atoms with E-state index in [1.165, 1.54) is 50.1 Å². The van der Waals surface area contributed by atoms with Gasteiger partial charge in [-0.25, -0.2) is 15.0 Å². The van der Waals surface area contributed by atoms with Gasteiger partial charge in [0.05, 0.1) is 17.0 Å². The lowest BCUT2D eigenvalue weighted by molar-refractivity contribution is 0.563. The van der Waals surface area contributed by atoms with Crippen LogP contribution >= 0.6 is 0 Å². The van der Waals surface area contributed by atoms with Crippen molar-refractivity contribution in [3.05, 3.63) is 233 Å². The first-order chi connectivity index (χ1) is 29.4. The van der Waals surface area contributed by atoms with E-state index in [-0.39, 0.29) is 5.41 Å². The lowest BCUT2D eigenvalue weighted by Gasteiger charge is -2.46. The molecular weight excluding hydrogens is 729 g/mol. The van der Waals surface area contributed by atoms with Gasteiger partial charge in [0, 0.05) is 22.1 Å². The fourth-order valence-corrected chi connectivity index (χ4v) is 9.90. The van der Waals surface area contributed by atoms with E-state index in [0.717, 1.165) is 33.4 Å². The van der Waals surface area contributed by atoms with Gasteiger partial charge in [0.25, 0.3) is 0 Å². The summed E-state index contributed by atoms with van der Waals surface area (Å²) in [4.78, 5) is 15.1. The van der Waals surface area contributed by atoms with E-state index < -0.39 is 5.41 Å². The van der Waals surface area contributed by atoms with Crippen LogP contribution < -0.4 is 0 Å². The maximum absolute atomic E-state index is 9.54. The zero-order valence-electron chi connectivity index (χ0n) is 33.3. The Hall–Kier alpha value is -7.74. The second-order valence-corrected chi connectivity index (χ2v) is 16.3. The maximum atomic E-state index is 9.54. The molecule has 0 bridgehead atoms. The SMILES string of the molecule is CC1(C)c2ccccc2C2(c3ccccc3-c3c(-c4ccc(-c5nc(-c6ccccc6)nc(-c6cccc(-c7cccc(C#N)c7)c6)n5)cc4)cccc32)c2ccccc21. The third-order valence-corrected chi connectivity index (χ3v) is 12.6. The Labute approximate surface area is 350 Å². The highest BCUT2D eigenvalue weighted by atomic mass is 15.0. The van der Waals surface area contributed by atoms with E-state index in [9.17, 15) is 5.26 Å². The highest BCUT2D eigenvalue weighted by Crippen LogP contribution is 2.63. The average molecular weight is 767 g/mol. The van der Waals surface area contributed by atoms with Crippen molar-refractivity contribution in [2.45, 2.75) is 24.7 Å². The molecule has 0 atom stereocenters. The minimum Gasteiger partial charge on any atom is -0.208 e. The highest BCUT2D eigenvalue weighted by Gasteiger charge is 2.53. The first-order valence-electron chi connectivity index (χ1n) is 20.4. The van der Waals surface area contributed by atoms with Gasteiger partial charge in [-0.15, -0.1) is 0 Å². The summed E-state index contributed by atoms with van der Waals surface area (Å²) < 4.78 is 0. The summed E-state index contributed by atoms with van der Waals surface area (Å²) in [5.74, 6) is 1.79. The van der Waals surface area contributed by atoms with Crippen LogP contribution in [0.1, 0.15) is 52.8 Å². The van der Waals surface area contributed by atoms with Crippen molar-refractivity contribution in [1.82, 2.24) is 15.0 Å². The van der Waals surface area contributed by atoms with Gasteiger partial charge >= 0.3 is 0 Å². The molecule has 0 amide bonds. The van der Waals surface area contributed by atoms with E-state index in [1.807, 2.05) is 72.8 Å². The smallest absolute Gasteiger partial charge is 0.164 e. The fraction of sp³-hybridized carbons (Fsp3) is 0.0714. The van der Waals surface area contributed by atoms with E-state index >= 15 is 0 Å². The van der Waals surface area contributed by atoms with Gasteiger partial charge in [-0.3, -0.25) is 0 Å². The Bertz CT molecular complexity index is 3140. The molecule has 1 heterocycles. The predicted octanol–water partition coefficient (Wildman–Crippen LogP) is 13.1. The summed E-state index contributed by atoms with van der Waals surface area (Å²) >= 11 is 0. The molecule has 4 nitrogen and oxygen atoms in total. The molecule has 0 N–H and O–H groups in total. The molecule has 1 aromatic heterocycles. The van der Waals surface area contributed by atoms with E-state index in [1.54, 1.807) is 0 Å². The first kappa shape index (κ1) is 35.4. The van der Waals surface area contributed by atoms with Crippen molar-refractivity contribution < 1.29 is 0 Å². The van der Waals surface area contributed by atoms with Gasteiger partial charge in [-0.2, -0.15) is 5.26 Å². The average Bonchev–Trinajstić information content (AvgIpc) is 3.62. The molecule has 0 aliphatic heterocycles. The Morgan fingerprint density at radius 3 is 1.48 bits per heavy atom. The molecule has 0 unspecified atom stereocenters. The van der Waals surface area contributed by atoms with E-state index in [2.05, 4.69) is 141 Å². The number of nitrogens with zero attached hydrogens (tertiary/aromatic N) is 4. The number of fused-ring (bicyclic) bond motifs is 9. The molecule has 11 rings (SSSR count). The molecule has 282 valence electrons. The molecule has 4 heteroatoms. The van der Waals surface area contributed by atoms with Crippen molar-refractivity contribution in [2.75, 3.05) is 0 Å². The zero-order chi connectivity index (χ0) is 40.4. The number of hydrogen-bond acceptors (Lipinski definition) is 4. The van der Waals surface area contributed by atoms with Crippen molar-refractivity contribution in [1.29, 1.82) is 5.26 Å². The first-order valence-corrected chi connectivity index (χ1v) is 20.4. The highest BCUT2D eigenvalue weighted by molar-refractivity contribution is 5.96. The number of nitriles is 1. The van der Waals surface area contributed by atoms with Crippen LogP contribution in [-0.2, 0) is 10.8 Å². The molecule has 1 spiro atoms. The van der Waals surface area contributed by atoms with Crippen LogP contribution in [0.2, 0.25) is 0 Å². The fourth-order valence-electron chi connectivity index (χ4n) is 9.90. The van der Waals surface area contributed by atoms with Gasteiger partial charge in [0.15, 0.2) is 17.5 Å². The quantitative estimate of drug-likeness (QED) is 0.175. The van der Waals surface area contributed by atoms with Crippen LogP contribution in [0, 0.1) is 11.3 Å².